The molecule has 0 aliphatic heterocycles. The number of carbonyl (C=O) groups excluding carboxylic acids is 1. The van der Waals surface area contributed by atoms with Crippen LogP contribution in [0.5, 0.6) is 5.75 Å². The van der Waals surface area contributed by atoms with E-state index >= 15 is 0 Å². The van der Waals surface area contributed by atoms with Gasteiger partial charge in [-0.3, -0.25) is 14.7 Å². The molecule has 3 rings (SSSR count). The lowest BCUT2D eigenvalue weighted by atomic mass is 10.1. The minimum absolute atomic E-state index is 0.0448. The van der Waals surface area contributed by atoms with Crippen LogP contribution in [0.2, 0.25) is 0 Å². The van der Waals surface area contributed by atoms with E-state index in [0.29, 0.717) is 5.82 Å². The SMILES string of the molecule is COc1cccc(CCc2cc(NC(=O)c3ccc[nH]c3=O)n[nH]2)c1. The van der Waals surface area contributed by atoms with E-state index in [9.17, 15) is 9.59 Å². The predicted molar refractivity (Wildman–Crippen MR) is 94.0 cm³/mol. The summed E-state index contributed by atoms with van der Waals surface area (Å²) in [5.74, 6) is 0.713. The first kappa shape index (κ1) is 16.5. The second-order valence-corrected chi connectivity index (χ2v) is 5.50. The topological polar surface area (TPSA) is 99.9 Å². The second-order valence-electron chi connectivity index (χ2n) is 5.50. The van der Waals surface area contributed by atoms with Gasteiger partial charge in [0.25, 0.3) is 11.5 Å². The van der Waals surface area contributed by atoms with E-state index in [1.165, 1.54) is 12.3 Å². The summed E-state index contributed by atoms with van der Waals surface area (Å²) in [7, 11) is 1.64. The molecule has 0 unspecified atom stereocenters. The molecule has 25 heavy (non-hydrogen) atoms. The number of rotatable bonds is 6. The molecule has 0 aliphatic carbocycles. The lowest BCUT2D eigenvalue weighted by Crippen LogP contribution is -2.22. The van der Waals surface area contributed by atoms with Crippen LogP contribution in [-0.2, 0) is 12.8 Å². The molecule has 2 heterocycles. The Bertz CT molecular complexity index is 930. The van der Waals surface area contributed by atoms with Crippen molar-refractivity contribution in [2.45, 2.75) is 12.8 Å². The molecule has 0 fully saturated rings. The number of H-pyrrole nitrogens is 2. The molecular weight excluding hydrogens is 320 g/mol. The van der Waals surface area contributed by atoms with Crippen LogP contribution in [0.3, 0.4) is 0 Å². The minimum Gasteiger partial charge on any atom is -0.497 e. The Morgan fingerprint density at radius 2 is 2.08 bits per heavy atom. The zero-order valence-electron chi connectivity index (χ0n) is 13.7. The Labute approximate surface area is 144 Å². The van der Waals surface area contributed by atoms with Gasteiger partial charge in [-0.1, -0.05) is 12.1 Å². The molecule has 0 bridgehead atoms. The number of methoxy groups -OCH3 is 1. The number of nitrogens with zero attached hydrogens (tertiary/aromatic N) is 1. The summed E-state index contributed by atoms with van der Waals surface area (Å²) in [6, 6.07) is 12.7. The average molecular weight is 338 g/mol. The summed E-state index contributed by atoms with van der Waals surface area (Å²) in [6.07, 6.45) is 3.03. The zero-order valence-corrected chi connectivity index (χ0v) is 13.7. The minimum atomic E-state index is -0.493. The zero-order chi connectivity index (χ0) is 17.6. The number of aromatic amines is 2. The fourth-order valence-corrected chi connectivity index (χ4v) is 2.44. The van der Waals surface area contributed by atoms with Crippen molar-refractivity contribution < 1.29 is 9.53 Å². The third-order valence-corrected chi connectivity index (χ3v) is 3.75. The second kappa shape index (κ2) is 7.48. The highest BCUT2D eigenvalue weighted by Crippen LogP contribution is 2.15. The number of hydrogen-bond donors (Lipinski definition) is 3. The number of carbonyl (C=O) groups is 1. The van der Waals surface area contributed by atoms with E-state index in [4.69, 9.17) is 4.74 Å². The smallest absolute Gasteiger partial charge is 0.262 e. The van der Waals surface area contributed by atoms with Gasteiger partial charge >= 0.3 is 0 Å². The van der Waals surface area contributed by atoms with Gasteiger partial charge in [0.15, 0.2) is 5.82 Å². The van der Waals surface area contributed by atoms with Gasteiger partial charge in [-0.05, 0) is 42.7 Å². The molecule has 3 N–H and O–H groups in total. The van der Waals surface area contributed by atoms with Crippen molar-refractivity contribution >= 4 is 11.7 Å². The molecule has 128 valence electrons. The normalized spacial score (nSPS) is 10.4. The van der Waals surface area contributed by atoms with Gasteiger partial charge in [-0.2, -0.15) is 5.10 Å². The molecule has 0 atom stereocenters. The summed E-state index contributed by atoms with van der Waals surface area (Å²) < 4.78 is 5.21. The van der Waals surface area contributed by atoms with Gasteiger partial charge in [0.1, 0.15) is 11.3 Å². The summed E-state index contributed by atoms with van der Waals surface area (Å²) in [5, 5.41) is 9.57. The molecule has 1 amide bonds. The number of hydrogen-bond acceptors (Lipinski definition) is 4. The van der Waals surface area contributed by atoms with Gasteiger partial charge < -0.3 is 15.0 Å². The van der Waals surface area contributed by atoms with Crippen LogP contribution in [-0.4, -0.2) is 28.2 Å². The molecule has 1 aromatic carbocycles. The first-order chi connectivity index (χ1) is 12.2. The standard InChI is InChI=1S/C18H18N4O3/c1-25-14-5-2-4-12(10-14)7-8-13-11-16(22-21-13)20-18(24)15-6-3-9-19-17(15)23/h2-6,9-11H,7-8H2,1H3,(H,19,23)(H2,20,21,22,24). The van der Waals surface area contributed by atoms with Crippen LogP contribution in [0.15, 0.2) is 53.5 Å². The van der Waals surface area contributed by atoms with Crippen LogP contribution < -0.4 is 15.6 Å². The van der Waals surface area contributed by atoms with Crippen molar-refractivity contribution in [3.05, 3.63) is 75.8 Å². The highest BCUT2D eigenvalue weighted by molar-refractivity contribution is 6.03. The molecule has 0 saturated carbocycles. The Hall–Kier alpha value is -3.35. The molecular formula is C18H18N4O3. The Kier molecular flexibility index (Phi) is 4.94. The van der Waals surface area contributed by atoms with Crippen molar-refractivity contribution in [1.29, 1.82) is 0 Å². The maximum atomic E-state index is 12.1. The van der Waals surface area contributed by atoms with Gasteiger partial charge in [0.2, 0.25) is 0 Å². The molecule has 3 aromatic rings. The maximum absolute atomic E-state index is 12.1. The lowest BCUT2D eigenvalue weighted by molar-refractivity contribution is 0.102. The molecule has 7 heteroatoms. The molecule has 7 nitrogen and oxygen atoms in total. The van der Waals surface area contributed by atoms with Crippen LogP contribution >= 0.6 is 0 Å². The van der Waals surface area contributed by atoms with Crippen LogP contribution in [0.4, 0.5) is 5.82 Å². The summed E-state index contributed by atoms with van der Waals surface area (Å²) >= 11 is 0. The predicted octanol–water partition coefficient (Wildman–Crippen LogP) is 2.14. The number of ether oxygens (including phenoxy) is 1. The van der Waals surface area contributed by atoms with Gasteiger partial charge in [0.05, 0.1) is 7.11 Å². The van der Waals surface area contributed by atoms with Crippen molar-refractivity contribution in [2.24, 2.45) is 0 Å². The summed E-state index contributed by atoms with van der Waals surface area (Å²) in [6.45, 7) is 0. The molecule has 2 aromatic heterocycles. The fourth-order valence-electron chi connectivity index (χ4n) is 2.44. The number of aromatic nitrogens is 3. The van der Waals surface area contributed by atoms with Crippen molar-refractivity contribution in [3.63, 3.8) is 0 Å². The Morgan fingerprint density at radius 1 is 1.20 bits per heavy atom. The largest absolute Gasteiger partial charge is 0.497 e. The van der Waals surface area contributed by atoms with Crippen LogP contribution in [0.1, 0.15) is 21.6 Å². The van der Waals surface area contributed by atoms with E-state index in [0.717, 1.165) is 29.8 Å². The van der Waals surface area contributed by atoms with E-state index in [1.807, 2.05) is 24.3 Å². The van der Waals surface area contributed by atoms with Gasteiger partial charge in [-0.25, -0.2) is 0 Å². The van der Waals surface area contributed by atoms with Crippen molar-refractivity contribution in [1.82, 2.24) is 15.2 Å². The third kappa shape index (κ3) is 4.14. The number of amides is 1. The highest BCUT2D eigenvalue weighted by atomic mass is 16.5. The number of pyridine rings is 1. The Morgan fingerprint density at radius 3 is 2.88 bits per heavy atom. The molecule has 0 saturated heterocycles. The maximum Gasteiger partial charge on any atom is 0.262 e. The number of nitrogens with one attached hydrogen (secondary N) is 3. The van der Waals surface area contributed by atoms with Crippen LogP contribution in [0, 0.1) is 0 Å². The van der Waals surface area contributed by atoms with E-state index < -0.39 is 11.5 Å². The Balaban J connectivity index is 1.61. The third-order valence-electron chi connectivity index (χ3n) is 3.75. The lowest BCUT2D eigenvalue weighted by Gasteiger charge is -2.03. The van der Waals surface area contributed by atoms with Crippen LogP contribution in [0.25, 0.3) is 0 Å². The van der Waals surface area contributed by atoms with E-state index in [2.05, 4.69) is 20.5 Å². The quantitative estimate of drug-likeness (QED) is 0.641. The van der Waals surface area contributed by atoms with E-state index in [1.54, 1.807) is 19.2 Å². The first-order valence-corrected chi connectivity index (χ1v) is 7.82. The molecule has 0 spiro atoms. The monoisotopic (exact) mass is 338 g/mol. The summed E-state index contributed by atoms with van der Waals surface area (Å²) in [4.78, 5) is 26.2. The van der Waals surface area contributed by atoms with Crippen molar-refractivity contribution in [2.75, 3.05) is 12.4 Å². The first-order valence-electron chi connectivity index (χ1n) is 7.82. The van der Waals surface area contributed by atoms with Gasteiger partial charge in [0, 0.05) is 18.0 Å². The fraction of sp³-hybridized carbons (Fsp3) is 0.167. The molecule has 0 radical (unpaired) electrons. The van der Waals surface area contributed by atoms with Gasteiger partial charge in [-0.15, -0.1) is 0 Å². The summed E-state index contributed by atoms with van der Waals surface area (Å²) in [5.41, 5.74) is 1.65. The number of benzene rings is 1. The number of aryl methyl sites for hydroxylation is 2. The highest BCUT2D eigenvalue weighted by Gasteiger charge is 2.11. The van der Waals surface area contributed by atoms with Crippen molar-refractivity contribution in [3.8, 4) is 5.75 Å². The average Bonchev–Trinajstić information content (AvgIpc) is 3.08. The van der Waals surface area contributed by atoms with E-state index in [-0.39, 0.29) is 5.56 Å². The molecule has 0 aliphatic rings. The number of anilines is 1.